The highest BCUT2D eigenvalue weighted by Crippen LogP contribution is 2.19. The predicted molar refractivity (Wildman–Crippen MR) is 69.9 cm³/mol. The summed E-state index contributed by atoms with van der Waals surface area (Å²) in [5.74, 6) is -2.46. The van der Waals surface area contributed by atoms with Gasteiger partial charge in [-0.3, -0.25) is 0 Å². The fourth-order valence-corrected chi connectivity index (χ4v) is 2.18. The highest BCUT2D eigenvalue weighted by molar-refractivity contribution is 5.75. The summed E-state index contributed by atoms with van der Waals surface area (Å²) >= 11 is 0. The minimum absolute atomic E-state index is 0.201. The number of benzene rings is 2. The van der Waals surface area contributed by atoms with E-state index in [1.165, 1.54) is 18.5 Å². The number of nitrogens with zero attached hydrogens (tertiary/aromatic N) is 3. The van der Waals surface area contributed by atoms with Crippen molar-refractivity contribution < 1.29 is 13.2 Å². The third-order valence-electron chi connectivity index (χ3n) is 3.10. The van der Waals surface area contributed by atoms with E-state index in [0.29, 0.717) is 16.6 Å². The largest absolute Gasteiger partial charge is 0.326 e. The molecular weight excluding hydrogens is 279 g/mol. The van der Waals surface area contributed by atoms with Crippen LogP contribution in [0.2, 0.25) is 0 Å². The van der Waals surface area contributed by atoms with Crippen LogP contribution in [0.3, 0.4) is 0 Å². The number of nitriles is 1. The summed E-state index contributed by atoms with van der Waals surface area (Å²) in [4.78, 5) is 3.98. The zero-order chi connectivity index (χ0) is 15.0. The van der Waals surface area contributed by atoms with Gasteiger partial charge in [-0.25, -0.2) is 18.2 Å². The van der Waals surface area contributed by atoms with Gasteiger partial charge in [0.05, 0.1) is 29.0 Å². The first-order chi connectivity index (χ1) is 10.1. The molecule has 0 unspecified atom stereocenters. The Morgan fingerprint density at radius 3 is 2.57 bits per heavy atom. The average molecular weight is 287 g/mol. The summed E-state index contributed by atoms with van der Waals surface area (Å²) in [6.45, 7) is 0.202. The molecule has 0 radical (unpaired) electrons. The second-order valence-electron chi connectivity index (χ2n) is 4.59. The van der Waals surface area contributed by atoms with Gasteiger partial charge in [-0.05, 0) is 23.8 Å². The van der Waals surface area contributed by atoms with Crippen LogP contribution < -0.4 is 0 Å². The summed E-state index contributed by atoms with van der Waals surface area (Å²) in [5.41, 5.74) is 1.45. The molecule has 6 heteroatoms. The molecule has 0 saturated carbocycles. The Kier molecular flexibility index (Phi) is 3.10. The van der Waals surface area contributed by atoms with Gasteiger partial charge in [-0.15, -0.1) is 0 Å². The first-order valence-corrected chi connectivity index (χ1v) is 6.06. The molecule has 3 rings (SSSR count). The lowest BCUT2D eigenvalue weighted by atomic mass is 10.1. The van der Waals surface area contributed by atoms with Gasteiger partial charge in [0.15, 0.2) is 11.6 Å². The number of hydrogen-bond donors (Lipinski definition) is 0. The normalized spacial score (nSPS) is 10.8. The summed E-state index contributed by atoms with van der Waals surface area (Å²) in [5, 5.41) is 8.82. The van der Waals surface area contributed by atoms with E-state index in [-0.39, 0.29) is 12.1 Å². The first kappa shape index (κ1) is 13.2. The molecule has 0 amide bonds. The summed E-state index contributed by atoms with van der Waals surface area (Å²) in [6, 6.07) is 7.87. The first-order valence-electron chi connectivity index (χ1n) is 6.06. The van der Waals surface area contributed by atoms with Crippen molar-refractivity contribution in [3.63, 3.8) is 0 Å². The van der Waals surface area contributed by atoms with Crippen LogP contribution in [-0.4, -0.2) is 9.55 Å². The minimum Gasteiger partial charge on any atom is -0.326 e. The molecule has 3 nitrogen and oxygen atoms in total. The minimum atomic E-state index is -0.971. The smallest absolute Gasteiger partial charge is 0.161 e. The zero-order valence-corrected chi connectivity index (χ0v) is 10.6. The topological polar surface area (TPSA) is 41.6 Å². The second kappa shape index (κ2) is 4.94. The van der Waals surface area contributed by atoms with Crippen molar-refractivity contribution in [2.75, 3.05) is 0 Å². The van der Waals surface area contributed by atoms with Crippen molar-refractivity contribution in [2.45, 2.75) is 6.54 Å². The molecule has 3 aromatic rings. The standard InChI is InChI=1S/C15H8F3N3/c16-11-2-9(6-19)1-10(3-11)7-21-8-20-14-4-12(17)13(18)5-15(14)21/h1-5,8H,7H2. The maximum atomic E-state index is 13.4. The molecule has 1 heterocycles. The van der Waals surface area contributed by atoms with Gasteiger partial charge in [-0.2, -0.15) is 5.26 Å². The van der Waals surface area contributed by atoms with Crippen molar-refractivity contribution in [1.29, 1.82) is 5.26 Å². The number of hydrogen-bond acceptors (Lipinski definition) is 2. The van der Waals surface area contributed by atoms with Gasteiger partial charge in [0, 0.05) is 18.7 Å². The van der Waals surface area contributed by atoms with Crippen LogP contribution >= 0.6 is 0 Å². The van der Waals surface area contributed by atoms with Gasteiger partial charge >= 0.3 is 0 Å². The second-order valence-corrected chi connectivity index (χ2v) is 4.59. The number of halogens is 3. The van der Waals surface area contributed by atoms with Crippen molar-refractivity contribution in [2.24, 2.45) is 0 Å². The van der Waals surface area contributed by atoms with Gasteiger partial charge in [0.1, 0.15) is 5.82 Å². The SMILES string of the molecule is N#Cc1cc(F)cc(Cn2cnc3cc(F)c(F)cc32)c1. The van der Waals surface area contributed by atoms with Gasteiger partial charge in [0.2, 0.25) is 0 Å². The van der Waals surface area contributed by atoms with Crippen LogP contribution in [-0.2, 0) is 6.54 Å². The number of imidazole rings is 1. The van der Waals surface area contributed by atoms with Crippen LogP contribution in [0.4, 0.5) is 13.2 Å². The van der Waals surface area contributed by atoms with E-state index < -0.39 is 17.5 Å². The van der Waals surface area contributed by atoms with Crippen LogP contribution in [0.5, 0.6) is 0 Å². The lowest BCUT2D eigenvalue weighted by Crippen LogP contribution is -2.00. The van der Waals surface area contributed by atoms with Crippen molar-refractivity contribution in [3.8, 4) is 6.07 Å². The maximum Gasteiger partial charge on any atom is 0.161 e. The Labute approximate surface area is 117 Å². The van der Waals surface area contributed by atoms with Crippen molar-refractivity contribution in [1.82, 2.24) is 9.55 Å². The summed E-state index contributed by atoms with van der Waals surface area (Å²) in [6.07, 6.45) is 1.42. The summed E-state index contributed by atoms with van der Waals surface area (Å²) in [7, 11) is 0. The van der Waals surface area contributed by atoms with E-state index in [1.807, 2.05) is 6.07 Å². The molecule has 0 fully saturated rings. The number of fused-ring (bicyclic) bond motifs is 1. The molecule has 0 saturated heterocycles. The molecule has 2 aromatic carbocycles. The van der Waals surface area contributed by atoms with Crippen LogP contribution in [0.1, 0.15) is 11.1 Å². The van der Waals surface area contributed by atoms with Crippen LogP contribution in [0, 0.1) is 28.8 Å². The summed E-state index contributed by atoms with van der Waals surface area (Å²) < 4.78 is 41.4. The fraction of sp³-hybridized carbons (Fsp3) is 0.0667. The number of aromatic nitrogens is 2. The average Bonchev–Trinajstić information content (AvgIpc) is 2.81. The highest BCUT2D eigenvalue weighted by Gasteiger charge is 2.10. The van der Waals surface area contributed by atoms with Gasteiger partial charge in [-0.1, -0.05) is 0 Å². The molecule has 1 aromatic heterocycles. The lowest BCUT2D eigenvalue weighted by Gasteiger charge is -2.06. The fourth-order valence-electron chi connectivity index (χ4n) is 2.18. The maximum absolute atomic E-state index is 13.4. The van der Waals surface area contributed by atoms with Crippen LogP contribution in [0.15, 0.2) is 36.7 Å². The Hall–Kier alpha value is -2.81. The van der Waals surface area contributed by atoms with Gasteiger partial charge < -0.3 is 4.57 Å². The highest BCUT2D eigenvalue weighted by atomic mass is 19.2. The zero-order valence-electron chi connectivity index (χ0n) is 10.6. The Morgan fingerprint density at radius 1 is 1.05 bits per heavy atom. The Balaban J connectivity index is 2.04. The van der Waals surface area contributed by atoms with Crippen molar-refractivity contribution >= 4 is 11.0 Å². The Bertz CT molecular complexity index is 878. The van der Waals surface area contributed by atoms with E-state index in [2.05, 4.69) is 4.98 Å². The molecule has 0 aliphatic rings. The van der Waals surface area contributed by atoms with Gasteiger partial charge in [0.25, 0.3) is 0 Å². The van der Waals surface area contributed by atoms with E-state index in [4.69, 9.17) is 5.26 Å². The molecular formula is C15H8F3N3. The molecule has 0 N–H and O–H groups in total. The van der Waals surface area contributed by atoms with E-state index in [1.54, 1.807) is 4.57 Å². The molecule has 0 aliphatic carbocycles. The van der Waals surface area contributed by atoms with E-state index >= 15 is 0 Å². The Morgan fingerprint density at radius 2 is 1.81 bits per heavy atom. The quantitative estimate of drug-likeness (QED) is 0.725. The third kappa shape index (κ3) is 2.46. The lowest BCUT2D eigenvalue weighted by molar-refractivity contribution is 0.510. The molecule has 104 valence electrons. The van der Waals surface area contributed by atoms with Crippen LogP contribution in [0.25, 0.3) is 11.0 Å². The molecule has 21 heavy (non-hydrogen) atoms. The van der Waals surface area contributed by atoms with Crippen molar-refractivity contribution in [3.05, 3.63) is 65.2 Å². The molecule has 0 aliphatic heterocycles. The molecule has 0 bridgehead atoms. The third-order valence-corrected chi connectivity index (χ3v) is 3.10. The predicted octanol–water partition coefficient (Wildman–Crippen LogP) is 3.37. The van der Waals surface area contributed by atoms with E-state index in [0.717, 1.165) is 18.2 Å². The monoisotopic (exact) mass is 287 g/mol. The van der Waals surface area contributed by atoms with E-state index in [9.17, 15) is 13.2 Å². The molecule has 0 atom stereocenters. The number of rotatable bonds is 2. The molecule has 0 spiro atoms.